The van der Waals surface area contributed by atoms with Crippen molar-refractivity contribution in [2.24, 2.45) is 0 Å². The third kappa shape index (κ3) is 1.66. The van der Waals surface area contributed by atoms with Crippen LogP contribution in [0.2, 0.25) is 10.6 Å². The van der Waals surface area contributed by atoms with Gasteiger partial charge in [0.25, 0.3) is 0 Å². The van der Waals surface area contributed by atoms with Gasteiger partial charge in [-0.25, -0.2) is 0 Å². The molecule has 8 heavy (non-hydrogen) atoms. The van der Waals surface area contributed by atoms with Crippen LogP contribution < -0.4 is 0 Å². The third-order valence-corrected chi connectivity index (χ3v) is 4.08. The quantitative estimate of drug-likeness (QED) is 0.501. The zero-order valence-corrected chi connectivity index (χ0v) is 6.81. The molecule has 1 fully saturated rings. The van der Waals surface area contributed by atoms with Crippen molar-refractivity contribution in [2.75, 3.05) is 20.1 Å². The number of rotatable bonds is 0. The molecule has 3 heteroatoms. The van der Waals surface area contributed by atoms with E-state index in [1.807, 2.05) is 0 Å². The van der Waals surface area contributed by atoms with Gasteiger partial charge < -0.3 is 0 Å². The molecule has 0 aromatic carbocycles. The van der Waals surface area contributed by atoms with Crippen molar-refractivity contribution in [3.8, 4) is 0 Å². The summed E-state index contributed by atoms with van der Waals surface area (Å²) >= 11 is -1.31. The molecule has 0 amide bonds. The van der Waals surface area contributed by atoms with E-state index in [2.05, 4.69) is 11.9 Å². The monoisotopic (exact) mass is 181 g/mol. The van der Waals surface area contributed by atoms with E-state index in [-0.39, 0.29) is 0 Å². The van der Waals surface area contributed by atoms with Crippen molar-refractivity contribution in [1.82, 2.24) is 4.90 Å². The van der Waals surface area contributed by atoms with Gasteiger partial charge in [-0.05, 0) is 0 Å². The predicted molar refractivity (Wildman–Crippen MR) is 33.6 cm³/mol. The first-order valence-corrected chi connectivity index (χ1v) is 5.95. The number of hydrogen-bond donors (Lipinski definition) is 0. The van der Waals surface area contributed by atoms with Crippen LogP contribution in [0.3, 0.4) is 0 Å². The molecule has 0 spiro atoms. The van der Waals surface area contributed by atoms with E-state index in [1.165, 1.54) is 0 Å². The topological polar surface area (TPSA) is 20.3 Å². The molecule has 2 nitrogen and oxygen atoms in total. The van der Waals surface area contributed by atoms with E-state index in [1.54, 1.807) is 0 Å². The van der Waals surface area contributed by atoms with Crippen molar-refractivity contribution in [1.29, 1.82) is 0 Å². The van der Waals surface area contributed by atoms with Gasteiger partial charge in [-0.1, -0.05) is 0 Å². The first-order valence-electron chi connectivity index (χ1n) is 2.82. The molecule has 0 bridgehead atoms. The Bertz CT molecular complexity index is 94.6. The van der Waals surface area contributed by atoms with Gasteiger partial charge in [0, 0.05) is 0 Å². The predicted octanol–water partition coefficient (Wildman–Crippen LogP) is 0.354. The molecule has 0 unspecified atom stereocenters. The van der Waals surface area contributed by atoms with Gasteiger partial charge in [0.2, 0.25) is 0 Å². The van der Waals surface area contributed by atoms with Crippen LogP contribution in [0.5, 0.6) is 0 Å². The molecule has 0 N–H and O–H groups in total. The molecule has 1 aliphatic rings. The van der Waals surface area contributed by atoms with Gasteiger partial charge in [0.15, 0.2) is 0 Å². The van der Waals surface area contributed by atoms with Gasteiger partial charge >= 0.3 is 53.3 Å². The molecule has 0 atom stereocenters. The van der Waals surface area contributed by atoms with E-state index >= 15 is 0 Å². The van der Waals surface area contributed by atoms with Gasteiger partial charge in [-0.15, -0.1) is 0 Å². The van der Waals surface area contributed by atoms with E-state index in [9.17, 15) is 3.83 Å². The zero-order chi connectivity index (χ0) is 5.98. The summed E-state index contributed by atoms with van der Waals surface area (Å²) in [5, 5.41) is 1.94. The van der Waals surface area contributed by atoms with Crippen molar-refractivity contribution in [3.05, 3.63) is 0 Å². The summed E-state index contributed by atoms with van der Waals surface area (Å²) in [5.41, 5.74) is 0. The first kappa shape index (κ1) is 6.40. The summed E-state index contributed by atoms with van der Waals surface area (Å²) in [5.74, 6) is 0. The summed E-state index contributed by atoms with van der Waals surface area (Å²) in [6, 6.07) is 0. The van der Waals surface area contributed by atoms with Gasteiger partial charge in [0.1, 0.15) is 0 Å². The maximum absolute atomic E-state index is 10.8. The summed E-state index contributed by atoms with van der Waals surface area (Å²) in [4.78, 5) is 2.23. The average molecular weight is 180 g/mol. The fourth-order valence-electron chi connectivity index (χ4n) is 0.729. The van der Waals surface area contributed by atoms with E-state index < -0.39 is 13.8 Å². The van der Waals surface area contributed by atoms with Crippen LogP contribution in [-0.4, -0.2) is 38.9 Å². The van der Waals surface area contributed by atoms with Crippen molar-refractivity contribution < 1.29 is 3.83 Å². The minimum atomic E-state index is -1.31. The second-order valence-electron chi connectivity index (χ2n) is 2.15. The molecular weight excluding hydrogens is 169 g/mol. The average Bonchev–Trinajstić information content (AvgIpc) is 1.77. The standard InChI is InChI=1S/C5H11NOSe/c1-6-2-4-8(7)5-3-6/h2-5H2,1H3. The van der Waals surface area contributed by atoms with Crippen molar-refractivity contribution in [3.63, 3.8) is 0 Å². The molecule has 0 aliphatic carbocycles. The molecular formula is C5H11NOSe. The SMILES string of the molecule is CN1CC[Se](=O)CC1. The normalized spacial score (nSPS) is 26.1. The zero-order valence-electron chi connectivity index (χ0n) is 5.09. The van der Waals surface area contributed by atoms with Crippen LogP contribution in [0.15, 0.2) is 0 Å². The third-order valence-electron chi connectivity index (χ3n) is 1.40. The van der Waals surface area contributed by atoms with E-state index in [0.717, 1.165) is 23.7 Å². The molecule has 1 aliphatic heterocycles. The van der Waals surface area contributed by atoms with Crippen molar-refractivity contribution >= 4 is 13.8 Å². The summed E-state index contributed by atoms with van der Waals surface area (Å²) in [7, 11) is 2.08. The summed E-state index contributed by atoms with van der Waals surface area (Å²) in [6.45, 7) is 2.10. The molecule has 0 saturated carbocycles. The molecule has 48 valence electrons. The van der Waals surface area contributed by atoms with Crippen LogP contribution in [-0.2, 0) is 3.83 Å². The number of hydrogen-bond acceptors (Lipinski definition) is 2. The Balaban J connectivity index is 2.29. The minimum absolute atomic E-state index is 0.969. The van der Waals surface area contributed by atoms with Crippen LogP contribution in [0.1, 0.15) is 0 Å². The summed E-state index contributed by atoms with van der Waals surface area (Å²) < 4.78 is 10.8. The number of nitrogens with zero attached hydrogens (tertiary/aromatic N) is 1. The molecule has 0 radical (unpaired) electrons. The van der Waals surface area contributed by atoms with E-state index in [4.69, 9.17) is 0 Å². The molecule has 0 aromatic heterocycles. The molecule has 1 saturated heterocycles. The second-order valence-corrected chi connectivity index (χ2v) is 5.71. The van der Waals surface area contributed by atoms with Gasteiger partial charge in [0.05, 0.1) is 0 Å². The Morgan fingerprint density at radius 1 is 1.38 bits per heavy atom. The molecule has 1 rings (SSSR count). The Kier molecular flexibility index (Phi) is 2.17. The van der Waals surface area contributed by atoms with Crippen LogP contribution in [0.25, 0.3) is 0 Å². The van der Waals surface area contributed by atoms with E-state index in [0.29, 0.717) is 0 Å². The summed E-state index contributed by atoms with van der Waals surface area (Å²) in [6.07, 6.45) is 0. The maximum atomic E-state index is 10.8. The second kappa shape index (κ2) is 2.72. The Morgan fingerprint density at radius 3 is 2.25 bits per heavy atom. The molecule has 0 aromatic rings. The Hall–Kier alpha value is 0.279. The Morgan fingerprint density at radius 2 is 1.88 bits per heavy atom. The molecule has 1 heterocycles. The van der Waals surface area contributed by atoms with Crippen molar-refractivity contribution in [2.45, 2.75) is 10.6 Å². The van der Waals surface area contributed by atoms with Crippen LogP contribution in [0, 0.1) is 0 Å². The first-order chi connectivity index (χ1) is 3.79. The van der Waals surface area contributed by atoms with Gasteiger partial charge in [-0.2, -0.15) is 0 Å². The Labute approximate surface area is 53.9 Å². The van der Waals surface area contributed by atoms with Crippen LogP contribution in [0.4, 0.5) is 0 Å². The van der Waals surface area contributed by atoms with Gasteiger partial charge in [-0.3, -0.25) is 0 Å². The van der Waals surface area contributed by atoms with Crippen LogP contribution >= 0.6 is 0 Å². The fourth-order valence-corrected chi connectivity index (χ4v) is 3.32. The fraction of sp³-hybridized carbons (Fsp3) is 1.00.